The van der Waals surface area contributed by atoms with Crippen LogP contribution in [0.1, 0.15) is 40.5 Å². The highest BCUT2D eigenvalue weighted by molar-refractivity contribution is 5.90. The highest BCUT2D eigenvalue weighted by Crippen LogP contribution is 2.35. The van der Waals surface area contributed by atoms with Crippen molar-refractivity contribution in [2.45, 2.75) is 46.1 Å². The summed E-state index contributed by atoms with van der Waals surface area (Å²) in [6, 6.07) is 0. The standard InChI is InChI=1S/C13H24N2O3/c1-5-12(4,11(17)18)15-10(16)13(9(2)3)6-7-14-8-13/h9,14H,5-8H2,1-4H3,(H,15,16)(H,17,18). The van der Waals surface area contributed by atoms with E-state index in [4.69, 9.17) is 0 Å². The molecule has 18 heavy (non-hydrogen) atoms. The summed E-state index contributed by atoms with van der Waals surface area (Å²) < 4.78 is 0. The van der Waals surface area contributed by atoms with Crippen molar-refractivity contribution in [1.82, 2.24) is 10.6 Å². The lowest BCUT2D eigenvalue weighted by Crippen LogP contribution is -2.57. The van der Waals surface area contributed by atoms with Gasteiger partial charge in [0.05, 0.1) is 5.41 Å². The van der Waals surface area contributed by atoms with E-state index in [2.05, 4.69) is 10.6 Å². The van der Waals surface area contributed by atoms with Gasteiger partial charge in [-0.25, -0.2) is 4.79 Å². The van der Waals surface area contributed by atoms with Crippen LogP contribution in [0.3, 0.4) is 0 Å². The number of aliphatic carboxylic acids is 1. The van der Waals surface area contributed by atoms with E-state index in [0.29, 0.717) is 13.0 Å². The van der Waals surface area contributed by atoms with Gasteiger partial charge < -0.3 is 15.7 Å². The Bertz CT molecular complexity index is 335. The normalized spacial score (nSPS) is 26.9. The minimum absolute atomic E-state index is 0.144. The molecular weight excluding hydrogens is 232 g/mol. The van der Waals surface area contributed by atoms with Crippen LogP contribution in [0.4, 0.5) is 0 Å². The minimum Gasteiger partial charge on any atom is -0.480 e. The van der Waals surface area contributed by atoms with Crippen molar-refractivity contribution in [2.24, 2.45) is 11.3 Å². The van der Waals surface area contributed by atoms with Crippen molar-refractivity contribution in [1.29, 1.82) is 0 Å². The van der Waals surface area contributed by atoms with E-state index < -0.39 is 16.9 Å². The van der Waals surface area contributed by atoms with Crippen molar-refractivity contribution < 1.29 is 14.7 Å². The van der Waals surface area contributed by atoms with E-state index in [1.165, 1.54) is 0 Å². The van der Waals surface area contributed by atoms with Crippen LogP contribution >= 0.6 is 0 Å². The lowest BCUT2D eigenvalue weighted by molar-refractivity contribution is -0.149. The summed E-state index contributed by atoms with van der Waals surface area (Å²) in [6.45, 7) is 8.78. The number of carbonyl (C=O) groups is 2. The van der Waals surface area contributed by atoms with E-state index in [1.807, 2.05) is 13.8 Å². The summed E-state index contributed by atoms with van der Waals surface area (Å²) in [6.07, 6.45) is 1.13. The molecule has 1 saturated heterocycles. The van der Waals surface area contributed by atoms with Gasteiger partial charge in [0.25, 0.3) is 0 Å². The monoisotopic (exact) mass is 256 g/mol. The average molecular weight is 256 g/mol. The molecule has 5 heteroatoms. The number of hydrogen-bond acceptors (Lipinski definition) is 3. The molecule has 1 aliphatic heterocycles. The van der Waals surface area contributed by atoms with E-state index in [1.54, 1.807) is 13.8 Å². The predicted octanol–water partition coefficient (Wildman–Crippen LogP) is 0.992. The molecule has 2 unspecified atom stereocenters. The lowest BCUT2D eigenvalue weighted by atomic mass is 9.75. The molecule has 0 radical (unpaired) electrons. The Morgan fingerprint density at radius 1 is 1.50 bits per heavy atom. The Labute approximate surface area is 108 Å². The summed E-state index contributed by atoms with van der Waals surface area (Å²) in [5.74, 6) is -0.945. The Hall–Kier alpha value is -1.10. The van der Waals surface area contributed by atoms with Crippen LogP contribution in [-0.2, 0) is 9.59 Å². The molecule has 5 nitrogen and oxygen atoms in total. The van der Waals surface area contributed by atoms with Gasteiger partial charge in [-0.2, -0.15) is 0 Å². The fourth-order valence-electron chi connectivity index (χ4n) is 2.33. The van der Waals surface area contributed by atoms with Crippen LogP contribution in [0.25, 0.3) is 0 Å². The van der Waals surface area contributed by atoms with Crippen molar-refractivity contribution >= 4 is 11.9 Å². The molecule has 0 bridgehead atoms. The van der Waals surface area contributed by atoms with Crippen LogP contribution in [0.5, 0.6) is 0 Å². The summed E-state index contributed by atoms with van der Waals surface area (Å²) in [5, 5.41) is 15.1. The maximum atomic E-state index is 12.5. The first-order valence-electron chi connectivity index (χ1n) is 6.55. The smallest absolute Gasteiger partial charge is 0.329 e. The first-order chi connectivity index (χ1) is 8.28. The van der Waals surface area contributed by atoms with Crippen molar-refractivity contribution in [3.05, 3.63) is 0 Å². The maximum Gasteiger partial charge on any atom is 0.329 e. The Morgan fingerprint density at radius 2 is 2.11 bits per heavy atom. The summed E-state index contributed by atoms with van der Waals surface area (Å²) >= 11 is 0. The van der Waals surface area contributed by atoms with Gasteiger partial charge in [-0.1, -0.05) is 20.8 Å². The number of carboxylic acid groups (broad SMARTS) is 1. The fraction of sp³-hybridized carbons (Fsp3) is 0.846. The number of amides is 1. The topological polar surface area (TPSA) is 78.4 Å². The molecule has 1 amide bonds. The molecule has 1 aliphatic rings. The van der Waals surface area contributed by atoms with Crippen LogP contribution in [0, 0.1) is 11.3 Å². The minimum atomic E-state index is -1.18. The van der Waals surface area contributed by atoms with Crippen molar-refractivity contribution in [3.63, 3.8) is 0 Å². The number of nitrogens with one attached hydrogen (secondary N) is 2. The zero-order chi connectivity index (χ0) is 14.0. The van der Waals surface area contributed by atoms with Crippen LogP contribution in [0.15, 0.2) is 0 Å². The molecule has 0 aliphatic carbocycles. The molecule has 0 aromatic carbocycles. The van der Waals surface area contributed by atoms with Gasteiger partial charge in [-0.05, 0) is 32.2 Å². The molecule has 104 valence electrons. The second-order valence-corrected chi connectivity index (χ2v) is 5.68. The van der Waals surface area contributed by atoms with Gasteiger partial charge in [0.1, 0.15) is 5.54 Å². The van der Waals surface area contributed by atoms with Crippen LogP contribution in [-0.4, -0.2) is 35.6 Å². The quantitative estimate of drug-likeness (QED) is 0.685. The van der Waals surface area contributed by atoms with Crippen LogP contribution < -0.4 is 10.6 Å². The molecule has 3 N–H and O–H groups in total. The van der Waals surface area contributed by atoms with Crippen molar-refractivity contribution in [2.75, 3.05) is 13.1 Å². The Morgan fingerprint density at radius 3 is 2.44 bits per heavy atom. The number of hydrogen-bond donors (Lipinski definition) is 3. The molecular formula is C13H24N2O3. The fourth-order valence-corrected chi connectivity index (χ4v) is 2.33. The molecule has 0 saturated carbocycles. The first-order valence-corrected chi connectivity index (χ1v) is 6.55. The Kier molecular flexibility index (Phi) is 4.37. The zero-order valence-corrected chi connectivity index (χ0v) is 11.7. The molecule has 1 fully saturated rings. The second-order valence-electron chi connectivity index (χ2n) is 5.68. The highest BCUT2D eigenvalue weighted by Gasteiger charge is 2.46. The molecule has 0 spiro atoms. The molecule has 0 aromatic heterocycles. The third-order valence-electron chi connectivity index (χ3n) is 4.31. The van der Waals surface area contributed by atoms with Gasteiger partial charge in [0.2, 0.25) is 5.91 Å². The van der Waals surface area contributed by atoms with E-state index >= 15 is 0 Å². The Balaban J connectivity index is 2.89. The third kappa shape index (κ3) is 2.51. The summed E-state index contributed by atoms with van der Waals surface area (Å²) in [7, 11) is 0. The highest BCUT2D eigenvalue weighted by atomic mass is 16.4. The van der Waals surface area contributed by atoms with Gasteiger partial charge in [0, 0.05) is 6.54 Å². The van der Waals surface area contributed by atoms with E-state index in [-0.39, 0.29) is 11.8 Å². The maximum absolute atomic E-state index is 12.5. The number of rotatable bonds is 5. The predicted molar refractivity (Wildman–Crippen MR) is 69.2 cm³/mol. The number of carboxylic acids is 1. The average Bonchev–Trinajstić information content (AvgIpc) is 2.78. The van der Waals surface area contributed by atoms with E-state index in [9.17, 15) is 14.7 Å². The lowest BCUT2D eigenvalue weighted by Gasteiger charge is -2.35. The summed E-state index contributed by atoms with van der Waals surface area (Å²) in [4.78, 5) is 23.7. The second kappa shape index (κ2) is 5.26. The van der Waals surface area contributed by atoms with Gasteiger partial charge in [0.15, 0.2) is 0 Å². The molecule has 1 heterocycles. The molecule has 0 aromatic rings. The van der Waals surface area contributed by atoms with Crippen LogP contribution in [0.2, 0.25) is 0 Å². The largest absolute Gasteiger partial charge is 0.480 e. The SMILES string of the molecule is CCC(C)(NC(=O)C1(C(C)C)CCNC1)C(=O)O. The number of carbonyl (C=O) groups excluding carboxylic acids is 1. The third-order valence-corrected chi connectivity index (χ3v) is 4.31. The molecule has 2 atom stereocenters. The summed E-state index contributed by atoms with van der Waals surface area (Å²) in [5.41, 5.74) is -1.66. The molecule has 1 rings (SSSR count). The van der Waals surface area contributed by atoms with Gasteiger partial charge in [-0.15, -0.1) is 0 Å². The van der Waals surface area contributed by atoms with Crippen molar-refractivity contribution in [3.8, 4) is 0 Å². The van der Waals surface area contributed by atoms with Gasteiger partial charge >= 0.3 is 5.97 Å². The zero-order valence-electron chi connectivity index (χ0n) is 11.7. The van der Waals surface area contributed by atoms with E-state index in [0.717, 1.165) is 13.0 Å². The van der Waals surface area contributed by atoms with Gasteiger partial charge in [-0.3, -0.25) is 4.79 Å². The first kappa shape index (κ1) is 15.0.